The highest BCUT2D eigenvalue weighted by Gasteiger charge is 2.47. The standard InChI is InChI=1S/C16H18ClNO3/c1-9-6-10(2)12(11(17)7-9)13-14(19)16(18-15(13)20)4-3-5-21-8-16/h6-7,19H,3-5,8H2,1-2H3,(H,18,20). The van der Waals surface area contributed by atoms with Crippen LogP contribution in [0.25, 0.3) is 5.57 Å². The van der Waals surface area contributed by atoms with Gasteiger partial charge in [0.1, 0.15) is 11.3 Å². The van der Waals surface area contributed by atoms with Crippen molar-refractivity contribution in [3.63, 3.8) is 0 Å². The molecule has 2 aliphatic heterocycles. The Bertz CT molecular complexity index is 622. The van der Waals surface area contributed by atoms with Gasteiger partial charge in [0.05, 0.1) is 12.2 Å². The third-order valence-electron chi connectivity index (χ3n) is 4.19. The Kier molecular flexibility index (Phi) is 3.46. The van der Waals surface area contributed by atoms with E-state index in [1.54, 1.807) is 6.07 Å². The van der Waals surface area contributed by atoms with E-state index >= 15 is 0 Å². The first kappa shape index (κ1) is 14.4. The van der Waals surface area contributed by atoms with Crippen molar-refractivity contribution in [2.45, 2.75) is 32.2 Å². The molecule has 112 valence electrons. The molecule has 0 aromatic heterocycles. The molecule has 2 N–H and O–H groups in total. The summed E-state index contributed by atoms with van der Waals surface area (Å²) in [5.41, 5.74) is 2.01. The van der Waals surface area contributed by atoms with E-state index in [1.165, 1.54) is 0 Å². The van der Waals surface area contributed by atoms with E-state index in [9.17, 15) is 9.90 Å². The summed E-state index contributed by atoms with van der Waals surface area (Å²) in [7, 11) is 0. The molecule has 1 saturated heterocycles. The second-order valence-corrected chi connectivity index (χ2v) is 6.26. The van der Waals surface area contributed by atoms with E-state index in [1.807, 2.05) is 19.9 Å². The van der Waals surface area contributed by atoms with Crippen LogP contribution in [0.2, 0.25) is 5.02 Å². The quantitative estimate of drug-likeness (QED) is 0.838. The first-order chi connectivity index (χ1) is 9.94. The average Bonchev–Trinajstić information content (AvgIpc) is 2.63. The number of aryl methyl sites for hydroxylation is 2. The number of nitrogens with one attached hydrogen (secondary N) is 1. The first-order valence-electron chi connectivity index (χ1n) is 7.06. The smallest absolute Gasteiger partial charge is 0.256 e. The number of aliphatic hydroxyl groups is 1. The molecule has 0 radical (unpaired) electrons. The molecule has 1 atom stereocenters. The Balaban J connectivity index is 2.15. The number of rotatable bonds is 1. The maximum Gasteiger partial charge on any atom is 0.256 e. The third kappa shape index (κ3) is 2.23. The zero-order valence-corrected chi connectivity index (χ0v) is 12.9. The monoisotopic (exact) mass is 307 g/mol. The largest absolute Gasteiger partial charge is 0.509 e. The van der Waals surface area contributed by atoms with Gasteiger partial charge in [0.2, 0.25) is 0 Å². The Hall–Kier alpha value is -1.52. The molecule has 4 nitrogen and oxygen atoms in total. The molecule has 1 spiro atoms. The highest BCUT2D eigenvalue weighted by molar-refractivity contribution is 6.36. The molecule has 21 heavy (non-hydrogen) atoms. The molecule has 1 unspecified atom stereocenters. The van der Waals surface area contributed by atoms with Crippen molar-refractivity contribution in [1.82, 2.24) is 5.32 Å². The van der Waals surface area contributed by atoms with Crippen molar-refractivity contribution in [1.29, 1.82) is 0 Å². The normalized spacial score (nSPS) is 25.6. The number of hydrogen-bond acceptors (Lipinski definition) is 3. The summed E-state index contributed by atoms with van der Waals surface area (Å²) in [4.78, 5) is 12.4. The van der Waals surface area contributed by atoms with Crippen molar-refractivity contribution >= 4 is 23.1 Å². The van der Waals surface area contributed by atoms with Gasteiger partial charge in [-0.15, -0.1) is 0 Å². The summed E-state index contributed by atoms with van der Waals surface area (Å²) < 4.78 is 5.45. The molecule has 1 amide bonds. The fourth-order valence-corrected chi connectivity index (χ4v) is 3.65. The summed E-state index contributed by atoms with van der Waals surface area (Å²) in [6.45, 7) is 4.80. The van der Waals surface area contributed by atoms with Gasteiger partial charge in [0.15, 0.2) is 0 Å². The van der Waals surface area contributed by atoms with Crippen LogP contribution in [-0.2, 0) is 9.53 Å². The molecule has 3 rings (SSSR count). The number of aliphatic hydroxyl groups excluding tert-OH is 1. The Morgan fingerprint density at radius 2 is 2.14 bits per heavy atom. The van der Waals surface area contributed by atoms with Crippen LogP contribution in [0.1, 0.15) is 29.5 Å². The summed E-state index contributed by atoms with van der Waals surface area (Å²) >= 11 is 6.32. The van der Waals surface area contributed by atoms with Crippen molar-refractivity contribution in [3.05, 3.63) is 39.6 Å². The van der Waals surface area contributed by atoms with Crippen molar-refractivity contribution in [3.8, 4) is 0 Å². The summed E-state index contributed by atoms with van der Waals surface area (Å²) in [6.07, 6.45) is 1.48. The van der Waals surface area contributed by atoms with Crippen LogP contribution in [-0.4, -0.2) is 29.8 Å². The summed E-state index contributed by atoms with van der Waals surface area (Å²) in [5.74, 6) is -0.229. The van der Waals surface area contributed by atoms with Gasteiger partial charge in [-0.25, -0.2) is 0 Å². The molecular formula is C16H18ClNO3. The molecule has 1 aromatic rings. The Morgan fingerprint density at radius 3 is 2.76 bits per heavy atom. The second-order valence-electron chi connectivity index (χ2n) is 5.85. The fraction of sp³-hybridized carbons (Fsp3) is 0.438. The average molecular weight is 308 g/mol. The topological polar surface area (TPSA) is 58.6 Å². The number of benzene rings is 1. The van der Waals surface area contributed by atoms with E-state index in [0.29, 0.717) is 30.2 Å². The highest BCUT2D eigenvalue weighted by atomic mass is 35.5. The fourth-order valence-electron chi connectivity index (χ4n) is 3.23. The molecule has 1 aromatic carbocycles. The molecule has 2 heterocycles. The van der Waals surface area contributed by atoms with Gasteiger partial charge in [-0.2, -0.15) is 0 Å². The predicted octanol–water partition coefficient (Wildman–Crippen LogP) is 2.90. The number of ether oxygens (including phenoxy) is 1. The molecular weight excluding hydrogens is 290 g/mol. The van der Waals surface area contributed by atoms with E-state index in [-0.39, 0.29) is 17.2 Å². The zero-order chi connectivity index (χ0) is 15.2. The highest BCUT2D eigenvalue weighted by Crippen LogP contribution is 2.40. The number of amides is 1. The van der Waals surface area contributed by atoms with E-state index in [2.05, 4.69) is 5.32 Å². The summed E-state index contributed by atoms with van der Waals surface area (Å²) in [6, 6.07) is 3.76. The van der Waals surface area contributed by atoms with Crippen LogP contribution in [0.5, 0.6) is 0 Å². The van der Waals surface area contributed by atoms with Gasteiger partial charge < -0.3 is 15.2 Å². The lowest BCUT2D eigenvalue weighted by Crippen LogP contribution is -2.50. The minimum atomic E-state index is -0.786. The van der Waals surface area contributed by atoms with E-state index in [0.717, 1.165) is 17.5 Å². The Labute approximate surface area is 128 Å². The van der Waals surface area contributed by atoms with Crippen LogP contribution in [0, 0.1) is 13.8 Å². The first-order valence-corrected chi connectivity index (χ1v) is 7.43. The minimum Gasteiger partial charge on any atom is -0.509 e. The minimum absolute atomic E-state index is 0.0565. The molecule has 0 saturated carbocycles. The van der Waals surface area contributed by atoms with E-state index < -0.39 is 5.54 Å². The number of carbonyl (C=O) groups excluding carboxylic acids is 1. The summed E-state index contributed by atoms with van der Waals surface area (Å²) in [5, 5.41) is 14.0. The van der Waals surface area contributed by atoms with Gasteiger partial charge in [0, 0.05) is 17.2 Å². The number of hydrogen-bond donors (Lipinski definition) is 2. The lowest BCUT2D eigenvalue weighted by molar-refractivity contribution is -0.117. The van der Waals surface area contributed by atoms with Gasteiger partial charge in [-0.1, -0.05) is 17.7 Å². The molecule has 0 aliphatic carbocycles. The zero-order valence-electron chi connectivity index (χ0n) is 12.1. The van der Waals surface area contributed by atoms with Crippen LogP contribution >= 0.6 is 11.6 Å². The third-order valence-corrected chi connectivity index (χ3v) is 4.49. The predicted molar refractivity (Wildman–Crippen MR) is 81.4 cm³/mol. The maximum atomic E-state index is 12.4. The lowest BCUT2D eigenvalue weighted by atomic mass is 9.89. The van der Waals surface area contributed by atoms with Crippen LogP contribution in [0.15, 0.2) is 17.9 Å². The molecule has 5 heteroatoms. The van der Waals surface area contributed by atoms with Crippen LogP contribution in [0.3, 0.4) is 0 Å². The van der Waals surface area contributed by atoms with Crippen molar-refractivity contribution in [2.75, 3.05) is 13.2 Å². The van der Waals surface area contributed by atoms with Gasteiger partial charge in [0.25, 0.3) is 5.91 Å². The van der Waals surface area contributed by atoms with Crippen LogP contribution in [0.4, 0.5) is 0 Å². The molecule has 0 bridgehead atoms. The van der Waals surface area contributed by atoms with E-state index in [4.69, 9.17) is 16.3 Å². The maximum absolute atomic E-state index is 12.4. The van der Waals surface area contributed by atoms with Crippen LogP contribution < -0.4 is 5.32 Å². The van der Waals surface area contributed by atoms with Gasteiger partial charge in [-0.05, 0) is 43.9 Å². The van der Waals surface area contributed by atoms with Gasteiger partial charge >= 0.3 is 0 Å². The molecule has 1 fully saturated rings. The number of carbonyl (C=O) groups is 1. The number of halogens is 1. The lowest BCUT2D eigenvalue weighted by Gasteiger charge is -2.33. The molecule has 2 aliphatic rings. The second kappa shape index (κ2) is 5.04. The SMILES string of the molecule is Cc1cc(C)c(C2=C(O)C3(CCCOC3)NC2=O)c(Cl)c1. The Morgan fingerprint density at radius 1 is 1.38 bits per heavy atom. The van der Waals surface area contributed by atoms with Gasteiger partial charge in [-0.3, -0.25) is 4.79 Å². The van der Waals surface area contributed by atoms with Crippen molar-refractivity contribution in [2.24, 2.45) is 0 Å². The van der Waals surface area contributed by atoms with Crippen molar-refractivity contribution < 1.29 is 14.6 Å².